The molecule has 1 amide bonds. The number of rotatable bonds is 7. The van der Waals surface area contributed by atoms with Gasteiger partial charge in [0, 0.05) is 30.5 Å². The lowest BCUT2D eigenvalue weighted by molar-refractivity contribution is -0.121. The van der Waals surface area contributed by atoms with E-state index < -0.39 is 10.0 Å². The Morgan fingerprint density at radius 2 is 1.88 bits per heavy atom. The first-order valence-corrected chi connectivity index (χ1v) is 10.1. The predicted octanol–water partition coefficient (Wildman–Crippen LogP) is 3.05. The van der Waals surface area contributed by atoms with Crippen molar-refractivity contribution < 1.29 is 17.6 Å². The third kappa shape index (κ3) is 5.10. The first-order chi connectivity index (χ1) is 12.4. The molecular formula is C19H20N2O4S. The quantitative estimate of drug-likeness (QED) is 0.667. The maximum absolute atomic E-state index is 12.1. The molecule has 26 heavy (non-hydrogen) atoms. The number of benzene rings is 2. The van der Waals surface area contributed by atoms with Crippen molar-refractivity contribution in [1.29, 1.82) is 0 Å². The van der Waals surface area contributed by atoms with Gasteiger partial charge in [-0.15, -0.1) is 0 Å². The monoisotopic (exact) mass is 372 g/mol. The van der Waals surface area contributed by atoms with Gasteiger partial charge in [-0.05, 0) is 29.8 Å². The van der Waals surface area contributed by atoms with Gasteiger partial charge in [-0.1, -0.05) is 30.3 Å². The predicted molar refractivity (Wildman–Crippen MR) is 101 cm³/mol. The van der Waals surface area contributed by atoms with E-state index in [0.29, 0.717) is 25.1 Å². The number of aryl methyl sites for hydroxylation is 1. The average Bonchev–Trinajstić information content (AvgIpc) is 3.00. The van der Waals surface area contributed by atoms with Crippen LogP contribution in [-0.4, -0.2) is 20.6 Å². The second-order valence-electron chi connectivity index (χ2n) is 6.10. The summed E-state index contributed by atoms with van der Waals surface area (Å²) in [6.45, 7) is 0.332. The van der Waals surface area contributed by atoms with Gasteiger partial charge < -0.3 is 9.73 Å². The van der Waals surface area contributed by atoms with E-state index in [4.69, 9.17) is 4.42 Å². The molecule has 2 aromatic carbocycles. The third-order valence-electron chi connectivity index (χ3n) is 3.79. The lowest BCUT2D eigenvalue weighted by Crippen LogP contribution is -2.23. The number of nitrogens with one attached hydrogen (secondary N) is 2. The fourth-order valence-corrected chi connectivity index (χ4v) is 3.20. The van der Waals surface area contributed by atoms with Gasteiger partial charge >= 0.3 is 0 Å². The summed E-state index contributed by atoms with van der Waals surface area (Å²) in [6.07, 6.45) is 1.94. The van der Waals surface area contributed by atoms with Gasteiger partial charge in [0.15, 0.2) is 0 Å². The van der Waals surface area contributed by atoms with Gasteiger partial charge in [-0.2, -0.15) is 0 Å². The lowest BCUT2D eigenvalue weighted by atomic mass is 10.2. The molecule has 0 bridgehead atoms. The van der Waals surface area contributed by atoms with Crippen LogP contribution in [0.3, 0.4) is 0 Å². The molecule has 0 atom stereocenters. The molecule has 0 fully saturated rings. The van der Waals surface area contributed by atoms with Crippen LogP contribution in [0.5, 0.6) is 0 Å². The molecule has 0 unspecified atom stereocenters. The SMILES string of the molecule is CS(=O)(=O)Nc1cccc(CNC(=O)CCc2cc3ccccc3o2)c1. The molecule has 0 radical (unpaired) electrons. The maximum atomic E-state index is 12.1. The van der Waals surface area contributed by atoms with Crippen LogP contribution >= 0.6 is 0 Å². The molecule has 0 saturated heterocycles. The highest BCUT2D eigenvalue weighted by Gasteiger charge is 2.08. The average molecular weight is 372 g/mol. The smallest absolute Gasteiger partial charge is 0.229 e. The van der Waals surface area contributed by atoms with Crippen LogP contribution in [0.4, 0.5) is 5.69 Å². The van der Waals surface area contributed by atoms with Crippen molar-refractivity contribution in [2.45, 2.75) is 19.4 Å². The lowest BCUT2D eigenvalue weighted by Gasteiger charge is -2.08. The summed E-state index contributed by atoms with van der Waals surface area (Å²) in [5.41, 5.74) is 2.11. The standard InChI is InChI=1S/C19H20N2O4S/c1-26(23,24)21-16-7-4-5-14(11-16)13-20-19(22)10-9-17-12-15-6-2-3-8-18(15)25-17/h2-8,11-12,21H,9-10,13H2,1H3,(H,20,22). The normalized spacial score (nSPS) is 11.4. The van der Waals surface area contributed by atoms with Crippen LogP contribution < -0.4 is 10.0 Å². The van der Waals surface area contributed by atoms with Crippen LogP contribution in [0.25, 0.3) is 11.0 Å². The number of fused-ring (bicyclic) bond motifs is 1. The number of carbonyl (C=O) groups excluding carboxylic acids is 1. The van der Waals surface area contributed by atoms with Crippen LogP contribution in [-0.2, 0) is 27.8 Å². The van der Waals surface area contributed by atoms with Crippen molar-refractivity contribution in [2.24, 2.45) is 0 Å². The van der Waals surface area contributed by atoms with Gasteiger partial charge in [0.25, 0.3) is 0 Å². The Morgan fingerprint density at radius 3 is 2.65 bits per heavy atom. The second-order valence-corrected chi connectivity index (χ2v) is 7.85. The van der Waals surface area contributed by atoms with E-state index in [-0.39, 0.29) is 5.91 Å². The minimum absolute atomic E-state index is 0.0908. The molecule has 1 aromatic heterocycles. The van der Waals surface area contributed by atoms with Crippen LogP contribution in [0.15, 0.2) is 59.0 Å². The number of furan rings is 1. The van der Waals surface area contributed by atoms with Crippen molar-refractivity contribution in [2.75, 3.05) is 11.0 Å². The van der Waals surface area contributed by atoms with E-state index >= 15 is 0 Å². The van der Waals surface area contributed by atoms with Gasteiger partial charge in [0.05, 0.1) is 6.26 Å². The number of amides is 1. The number of anilines is 1. The molecule has 0 aliphatic heterocycles. The van der Waals surface area contributed by atoms with Crippen molar-refractivity contribution in [1.82, 2.24) is 5.32 Å². The Labute approximate surface area is 152 Å². The first kappa shape index (κ1) is 18.0. The highest BCUT2D eigenvalue weighted by atomic mass is 32.2. The zero-order valence-electron chi connectivity index (χ0n) is 14.4. The summed E-state index contributed by atoms with van der Waals surface area (Å²) in [5.74, 6) is 0.688. The number of carbonyl (C=O) groups is 1. The van der Waals surface area contributed by atoms with Crippen molar-refractivity contribution >= 4 is 32.6 Å². The number of para-hydroxylation sites is 1. The van der Waals surface area contributed by atoms with E-state index in [1.807, 2.05) is 36.4 Å². The van der Waals surface area contributed by atoms with Gasteiger partial charge in [-0.25, -0.2) is 8.42 Å². The van der Waals surface area contributed by atoms with Crippen molar-refractivity contribution in [3.8, 4) is 0 Å². The summed E-state index contributed by atoms with van der Waals surface area (Å²) in [4.78, 5) is 12.1. The molecule has 0 saturated carbocycles. The molecule has 1 heterocycles. The van der Waals surface area contributed by atoms with E-state index in [1.165, 1.54) is 0 Å². The Hall–Kier alpha value is -2.80. The highest BCUT2D eigenvalue weighted by Crippen LogP contribution is 2.19. The maximum Gasteiger partial charge on any atom is 0.229 e. The zero-order chi connectivity index (χ0) is 18.6. The van der Waals surface area contributed by atoms with E-state index in [2.05, 4.69) is 10.0 Å². The molecule has 0 spiro atoms. The molecule has 0 aliphatic carbocycles. The van der Waals surface area contributed by atoms with Crippen LogP contribution in [0, 0.1) is 0 Å². The summed E-state index contributed by atoms with van der Waals surface area (Å²) in [6, 6.07) is 16.6. The molecule has 2 N–H and O–H groups in total. The minimum Gasteiger partial charge on any atom is -0.461 e. The molecule has 7 heteroatoms. The number of sulfonamides is 1. The highest BCUT2D eigenvalue weighted by molar-refractivity contribution is 7.92. The first-order valence-electron chi connectivity index (χ1n) is 8.20. The molecule has 3 rings (SSSR count). The van der Waals surface area contributed by atoms with E-state index in [9.17, 15) is 13.2 Å². The molecule has 136 valence electrons. The largest absolute Gasteiger partial charge is 0.461 e. The third-order valence-corrected chi connectivity index (χ3v) is 4.40. The van der Waals surface area contributed by atoms with Gasteiger partial charge in [-0.3, -0.25) is 9.52 Å². The Kier molecular flexibility index (Phi) is 5.27. The van der Waals surface area contributed by atoms with Crippen LogP contribution in [0.2, 0.25) is 0 Å². The molecular weight excluding hydrogens is 352 g/mol. The fraction of sp³-hybridized carbons (Fsp3) is 0.211. The number of hydrogen-bond donors (Lipinski definition) is 2. The molecule has 6 nitrogen and oxygen atoms in total. The fourth-order valence-electron chi connectivity index (χ4n) is 2.64. The molecule has 0 aliphatic rings. The van der Waals surface area contributed by atoms with Gasteiger partial charge in [0.2, 0.25) is 15.9 Å². The Morgan fingerprint density at radius 1 is 1.08 bits per heavy atom. The van der Waals surface area contributed by atoms with Crippen LogP contribution in [0.1, 0.15) is 17.7 Å². The minimum atomic E-state index is -3.32. The van der Waals surface area contributed by atoms with E-state index in [1.54, 1.807) is 18.2 Å². The second kappa shape index (κ2) is 7.61. The topological polar surface area (TPSA) is 88.4 Å². The summed E-state index contributed by atoms with van der Waals surface area (Å²) < 4.78 is 30.7. The zero-order valence-corrected chi connectivity index (χ0v) is 15.2. The summed E-state index contributed by atoms with van der Waals surface area (Å²) in [5, 5.41) is 3.86. The van der Waals surface area contributed by atoms with Crippen molar-refractivity contribution in [3.63, 3.8) is 0 Å². The van der Waals surface area contributed by atoms with Crippen molar-refractivity contribution in [3.05, 3.63) is 65.9 Å². The summed E-state index contributed by atoms with van der Waals surface area (Å²) >= 11 is 0. The Balaban J connectivity index is 1.51. The summed E-state index contributed by atoms with van der Waals surface area (Å²) in [7, 11) is -3.32. The number of hydrogen-bond acceptors (Lipinski definition) is 4. The van der Waals surface area contributed by atoms with Gasteiger partial charge in [0.1, 0.15) is 11.3 Å². The van der Waals surface area contributed by atoms with E-state index in [0.717, 1.165) is 28.5 Å². The Bertz CT molecular complexity index is 992. The molecule has 3 aromatic rings.